The van der Waals surface area contributed by atoms with E-state index in [9.17, 15) is 4.79 Å². The van der Waals surface area contributed by atoms with Crippen molar-refractivity contribution in [1.29, 1.82) is 0 Å². The Bertz CT molecular complexity index is 665. The molecule has 0 saturated heterocycles. The summed E-state index contributed by atoms with van der Waals surface area (Å²) in [5.41, 5.74) is 3.04. The number of carbonyl (C=O) groups is 1. The molecule has 1 aromatic carbocycles. The SMILES string of the molecule is Cl.O=C(NCC1NCCc2ccccc21)c1ncccc1Br. The molecule has 6 heteroatoms. The van der Waals surface area contributed by atoms with Gasteiger partial charge in [-0.15, -0.1) is 12.4 Å². The number of rotatable bonds is 3. The lowest BCUT2D eigenvalue weighted by molar-refractivity contribution is 0.0943. The quantitative estimate of drug-likeness (QED) is 0.858. The maximum atomic E-state index is 12.2. The molecule has 0 radical (unpaired) electrons. The van der Waals surface area contributed by atoms with Crippen molar-refractivity contribution in [1.82, 2.24) is 15.6 Å². The van der Waals surface area contributed by atoms with Gasteiger partial charge in [0.25, 0.3) is 5.91 Å². The molecule has 0 saturated carbocycles. The van der Waals surface area contributed by atoms with Crippen LogP contribution in [0.15, 0.2) is 47.1 Å². The monoisotopic (exact) mass is 381 g/mol. The fourth-order valence-electron chi connectivity index (χ4n) is 2.61. The van der Waals surface area contributed by atoms with Gasteiger partial charge < -0.3 is 10.6 Å². The zero-order chi connectivity index (χ0) is 14.7. The van der Waals surface area contributed by atoms with Crippen LogP contribution in [0.4, 0.5) is 0 Å². The molecule has 2 heterocycles. The Hall–Kier alpha value is -1.43. The Labute approximate surface area is 144 Å². The molecule has 2 N–H and O–H groups in total. The second-order valence-electron chi connectivity index (χ2n) is 5.00. The summed E-state index contributed by atoms with van der Waals surface area (Å²) in [6, 6.07) is 12.1. The number of carbonyl (C=O) groups excluding carboxylic acids is 1. The Morgan fingerprint density at radius 3 is 2.95 bits per heavy atom. The van der Waals surface area contributed by atoms with Gasteiger partial charge in [-0.3, -0.25) is 4.79 Å². The lowest BCUT2D eigenvalue weighted by atomic mass is 9.94. The van der Waals surface area contributed by atoms with Crippen LogP contribution >= 0.6 is 28.3 Å². The van der Waals surface area contributed by atoms with Crippen LogP contribution in [0.2, 0.25) is 0 Å². The number of nitrogens with zero attached hydrogens (tertiary/aromatic N) is 1. The van der Waals surface area contributed by atoms with Crippen LogP contribution in [-0.2, 0) is 6.42 Å². The van der Waals surface area contributed by atoms with Crippen molar-refractivity contribution in [3.63, 3.8) is 0 Å². The maximum absolute atomic E-state index is 12.2. The fourth-order valence-corrected chi connectivity index (χ4v) is 3.04. The number of halogens is 2. The van der Waals surface area contributed by atoms with Gasteiger partial charge in [-0.05, 0) is 52.2 Å². The average molecular weight is 383 g/mol. The molecule has 2 aromatic rings. The van der Waals surface area contributed by atoms with Gasteiger partial charge in [0.2, 0.25) is 0 Å². The van der Waals surface area contributed by atoms with Gasteiger partial charge >= 0.3 is 0 Å². The summed E-state index contributed by atoms with van der Waals surface area (Å²) in [5, 5.41) is 6.41. The summed E-state index contributed by atoms with van der Waals surface area (Å²) in [4.78, 5) is 16.3. The van der Waals surface area contributed by atoms with E-state index >= 15 is 0 Å². The Kier molecular flexibility index (Phi) is 5.94. The summed E-state index contributed by atoms with van der Waals surface area (Å²) < 4.78 is 0.708. The van der Waals surface area contributed by atoms with Crippen LogP contribution in [0, 0.1) is 0 Å². The third kappa shape index (κ3) is 3.66. The first-order valence-corrected chi connectivity index (χ1v) is 7.75. The second-order valence-corrected chi connectivity index (χ2v) is 5.85. The van der Waals surface area contributed by atoms with Gasteiger partial charge in [0, 0.05) is 23.3 Å². The zero-order valence-electron chi connectivity index (χ0n) is 11.9. The highest BCUT2D eigenvalue weighted by Crippen LogP contribution is 2.22. The average Bonchev–Trinajstić information content (AvgIpc) is 2.53. The molecule has 1 amide bonds. The van der Waals surface area contributed by atoms with Crippen LogP contribution in [0.5, 0.6) is 0 Å². The molecule has 1 unspecified atom stereocenters. The predicted octanol–water partition coefficient (Wildman–Crippen LogP) is 2.88. The summed E-state index contributed by atoms with van der Waals surface area (Å²) >= 11 is 3.35. The molecule has 1 aliphatic rings. The van der Waals surface area contributed by atoms with Crippen molar-refractivity contribution in [2.45, 2.75) is 12.5 Å². The Morgan fingerprint density at radius 2 is 2.14 bits per heavy atom. The molecule has 0 spiro atoms. The molecular formula is C16H17BrClN3O. The Balaban J connectivity index is 0.00000176. The van der Waals surface area contributed by atoms with Gasteiger partial charge in [-0.25, -0.2) is 4.98 Å². The summed E-state index contributed by atoms with van der Waals surface area (Å²) in [5.74, 6) is -0.160. The first kappa shape index (κ1) is 16.9. The maximum Gasteiger partial charge on any atom is 0.271 e. The van der Waals surface area contributed by atoms with Crippen LogP contribution < -0.4 is 10.6 Å². The number of hydrogen-bond donors (Lipinski definition) is 2. The Morgan fingerprint density at radius 1 is 1.32 bits per heavy atom. The van der Waals surface area contributed by atoms with Gasteiger partial charge in [0.05, 0.1) is 0 Å². The van der Waals surface area contributed by atoms with Crippen molar-refractivity contribution in [3.8, 4) is 0 Å². The molecule has 3 rings (SSSR count). The van der Waals surface area contributed by atoms with Crippen molar-refractivity contribution in [2.24, 2.45) is 0 Å². The molecule has 1 aliphatic heterocycles. The third-order valence-corrected chi connectivity index (χ3v) is 4.30. The number of hydrogen-bond acceptors (Lipinski definition) is 3. The smallest absolute Gasteiger partial charge is 0.271 e. The summed E-state index contributed by atoms with van der Waals surface area (Å²) in [6.07, 6.45) is 2.65. The minimum Gasteiger partial charge on any atom is -0.349 e. The van der Waals surface area contributed by atoms with E-state index in [2.05, 4.69) is 49.7 Å². The van der Waals surface area contributed by atoms with Gasteiger partial charge in [-0.2, -0.15) is 0 Å². The van der Waals surface area contributed by atoms with E-state index in [0.717, 1.165) is 13.0 Å². The topological polar surface area (TPSA) is 54.0 Å². The number of pyridine rings is 1. The lowest BCUT2D eigenvalue weighted by Gasteiger charge is -2.27. The highest BCUT2D eigenvalue weighted by molar-refractivity contribution is 9.10. The van der Waals surface area contributed by atoms with Crippen molar-refractivity contribution in [2.75, 3.05) is 13.1 Å². The van der Waals surface area contributed by atoms with Crippen LogP contribution in [0.3, 0.4) is 0 Å². The molecule has 0 aliphatic carbocycles. The number of aromatic nitrogens is 1. The normalized spacial score (nSPS) is 16.3. The van der Waals surface area contributed by atoms with E-state index in [1.165, 1.54) is 11.1 Å². The predicted molar refractivity (Wildman–Crippen MR) is 92.4 cm³/mol. The second kappa shape index (κ2) is 7.72. The highest BCUT2D eigenvalue weighted by atomic mass is 79.9. The first-order valence-electron chi connectivity index (χ1n) is 6.95. The number of fused-ring (bicyclic) bond motifs is 1. The van der Waals surface area contributed by atoms with E-state index < -0.39 is 0 Å². The molecule has 116 valence electrons. The summed E-state index contributed by atoms with van der Waals surface area (Å²) in [6.45, 7) is 1.49. The van der Waals surface area contributed by atoms with Crippen LogP contribution in [0.25, 0.3) is 0 Å². The first-order chi connectivity index (χ1) is 10.3. The molecule has 22 heavy (non-hydrogen) atoms. The number of nitrogens with one attached hydrogen (secondary N) is 2. The molecule has 4 nitrogen and oxygen atoms in total. The van der Waals surface area contributed by atoms with Gasteiger partial charge in [0.1, 0.15) is 5.69 Å². The van der Waals surface area contributed by atoms with E-state index in [1.807, 2.05) is 12.1 Å². The lowest BCUT2D eigenvalue weighted by Crippen LogP contribution is -2.39. The fraction of sp³-hybridized carbons (Fsp3) is 0.250. The van der Waals surface area contributed by atoms with Gasteiger partial charge in [-0.1, -0.05) is 24.3 Å². The summed E-state index contributed by atoms with van der Waals surface area (Å²) in [7, 11) is 0. The minimum absolute atomic E-state index is 0. The number of benzene rings is 1. The highest BCUT2D eigenvalue weighted by Gasteiger charge is 2.20. The largest absolute Gasteiger partial charge is 0.349 e. The van der Waals surface area contributed by atoms with E-state index in [1.54, 1.807) is 12.3 Å². The van der Waals surface area contributed by atoms with Crippen LogP contribution in [0.1, 0.15) is 27.7 Å². The molecule has 0 bridgehead atoms. The minimum atomic E-state index is -0.160. The van der Waals surface area contributed by atoms with Crippen molar-refractivity contribution >= 4 is 34.2 Å². The van der Waals surface area contributed by atoms with E-state index in [4.69, 9.17) is 0 Å². The van der Waals surface area contributed by atoms with Crippen molar-refractivity contribution in [3.05, 3.63) is 63.9 Å². The van der Waals surface area contributed by atoms with E-state index in [-0.39, 0.29) is 24.4 Å². The van der Waals surface area contributed by atoms with Gasteiger partial charge in [0.15, 0.2) is 0 Å². The third-order valence-electron chi connectivity index (χ3n) is 3.66. The molecule has 1 atom stereocenters. The van der Waals surface area contributed by atoms with Crippen LogP contribution in [-0.4, -0.2) is 24.0 Å². The molecule has 0 fully saturated rings. The van der Waals surface area contributed by atoms with Crippen molar-refractivity contribution < 1.29 is 4.79 Å². The number of amides is 1. The molecule has 1 aromatic heterocycles. The van der Waals surface area contributed by atoms with E-state index in [0.29, 0.717) is 16.7 Å². The zero-order valence-corrected chi connectivity index (χ0v) is 14.3. The standard InChI is InChI=1S/C16H16BrN3O.ClH/c17-13-6-3-8-19-15(13)16(21)20-10-14-12-5-2-1-4-11(12)7-9-18-14;/h1-6,8,14,18H,7,9-10H2,(H,20,21);1H. The molecular weight excluding hydrogens is 366 g/mol.